The summed E-state index contributed by atoms with van der Waals surface area (Å²) in [6.45, 7) is 4.84. The maximum absolute atomic E-state index is 6.17. The zero-order valence-corrected chi connectivity index (χ0v) is 10.4. The second-order valence-corrected chi connectivity index (χ2v) is 6.36. The van der Waals surface area contributed by atoms with Gasteiger partial charge in [-0.2, -0.15) is 0 Å². The van der Waals surface area contributed by atoms with Crippen molar-refractivity contribution >= 4 is 0 Å². The minimum atomic E-state index is 0.525. The summed E-state index contributed by atoms with van der Waals surface area (Å²) < 4.78 is 0. The largest absolute Gasteiger partial charge is 0.327 e. The fraction of sp³-hybridized carbons (Fsp3) is 1.00. The molecule has 0 bridgehead atoms. The van der Waals surface area contributed by atoms with Crippen molar-refractivity contribution in [2.45, 2.75) is 64.8 Å². The van der Waals surface area contributed by atoms with Crippen LogP contribution in [-0.2, 0) is 0 Å². The third kappa shape index (κ3) is 3.48. The molecule has 2 aliphatic carbocycles. The van der Waals surface area contributed by atoms with Crippen LogP contribution in [0.5, 0.6) is 0 Å². The number of hydrogen-bond donors (Lipinski definition) is 1. The molecular formula is C14H27N. The summed E-state index contributed by atoms with van der Waals surface area (Å²) in [5.74, 6) is 3.78. The highest BCUT2D eigenvalue weighted by molar-refractivity contribution is 4.85. The van der Waals surface area contributed by atoms with Gasteiger partial charge in [-0.25, -0.2) is 0 Å². The van der Waals surface area contributed by atoms with E-state index < -0.39 is 0 Å². The zero-order chi connectivity index (χ0) is 10.8. The van der Waals surface area contributed by atoms with Crippen LogP contribution < -0.4 is 5.73 Å². The van der Waals surface area contributed by atoms with E-state index in [-0.39, 0.29) is 0 Å². The van der Waals surface area contributed by atoms with E-state index in [4.69, 9.17) is 5.73 Å². The fourth-order valence-corrected chi connectivity index (χ4v) is 3.54. The molecule has 0 aliphatic heterocycles. The van der Waals surface area contributed by atoms with Crippen LogP contribution in [0, 0.1) is 23.7 Å². The van der Waals surface area contributed by atoms with Crippen LogP contribution in [-0.4, -0.2) is 6.04 Å². The van der Waals surface area contributed by atoms with Crippen molar-refractivity contribution in [3.63, 3.8) is 0 Å². The summed E-state index contributed by atoms with van der Waals surface area (Å²) in [4.78, 5) is 0. The molecule has 1 heteroatoms. The van der Waals surface area contributed by atoms with Crippen LogP contribution in [0.1, 0.15) is 58.8 Å². The van der Waals surface area contributed by atoms with E-state index in [2.05, 4.69) is 13.8 Å². The molecule has 0 aromatic carbocycles. The third-order valence-corrected chi connectivity index (χ3v) is 4.41. The van der Waals surface area contributed by atoms with E-state index in [0.29, 0.717) is 6.04 Å². The molecule has 2 saturated carbocycles. The van der Waals surface area contributed by atoms with Gasteiger partial charge >= 0.3 is 0 Å². The Morgan fingerprint density at radius 1 is 1.07 bits per heavy atom. The molecule has 15 heavy (non-hydrogen) atoms. The van der Waals surface area contributed by atoms with Crippen molar-refractivity contribution < 1.29 is 0 Å². The van der Waals surface area contributed by atoms with Crippen molar-refractivity contribution in [1.29, 1.82) is 0 Å². The minimum Gasteiger partial charge on any atom is -0.327 e. The van der Waals surface area contributed by atoms with Crippen LogP contribution in [0.15, 0.2) is 0 Å². The lowest BCUT2D eigenvalue weighted by atomic mass is 9.74. The Bertz CT molecular complexity index is 188. The Balaban J connectivity index is 1.68. The molecule has 2 fully saturated rings. The number of nitrogens with two attached hydrogens (primary N) is 1. The van der Waals surface area contributed by atoms with E-state index in [1.165, 1.54) is 44.9 Å². The van der Waals surface area contributed by atoms with E-state index in [1.54, 1.807) is 0 Å². The summed E-state index contributed by atoms with van der Waals surface area (Å²) in [7, 11) is 0. The third-order valence-electron chi connectivity index (χ3n) is 4.41. The molecule has 0 aromatic heterocycles. The molecule has 2 N–H and O–H groups in total. The summed E-state index contributed by atoms with van der Waals surface area (Å²) in [5.41, 5.74) is 6.17. The van der Waals surface area contributed by atoms with E-state index in [1.807, 2.05) is 0 Å². The topological polar surface area (TPSA) is 26.0 Å². The maximum atomic E-state index is 6.17. The first-order valence-electron chi connectivity index (χ1n) is 6.90. The first kappa shape index (κ1) is 11.4. The smallest absolute Gasteiger partial charge is 0.00672 e. The minimum absolute atomic E-state index is 0.525. The lowest BCUT2D eigenvalue weighted by Gasteiger charge is -2.32. The van der Waals surface area contributed by atoms with Gasteiger partial charge in [-0.3, -0.25) is 0 Å². The highest BCUT2D eigenvalue weighted by Gasteiger charge is 2.30. The molecule has 0 saturated heterocycles. The molecule has 0 spiro atoms. The van der Waals surface area contributed by atoms with Crippen LogP contribution in [0.4, 0.5) is 0 Å². The monoisotopic (exact) mass is 209 g/mol. The molecule has 0 aromatic rings. The molecule has 2 aliphatic rings. The predicted octanol–water partition coefficient (Wildman–Crippen LogP) is 3.58. The Morgan fingerprint density at radius 3 is 2.20 bits per heavy atom. The van der Waals surface area contributed by atoms with Gasteiger partial charge in [0.1, 0.15) is 0 Å². The van der Waals surface area contributed by atoms with E-state index in [0.717, 1.165) is 23.7 Å². The normalized spacial score (nSPS) is 39.0. The van der Waals surface area contributed by atoms with Crippen molar-refractivity contribution in [3.8, 4) is 0 Å². The van der Waals surface area contributed by atoms with Crippen LogP contribution in [0.25, 0.3) is 0 Å². The van der Waals surface area contributed by atoms with Gasteiger partial charge in [-0.1, -0.05) is 13.8 Å². The quantitative estimate of drug-likeness (QED) is 0.752. The second kappa shape index (κ2) is 4.86. The van der Waals surface area contributed by atoms with Crippen LogP contribution in [0.2, 0.25) is 0 Å². The number of rotatable bonds is 4. The molecule has 0 heterocycles. The SMILES string of the molecule is CC1CC(C)CC(CCC(N)C2CC2)C1. The Labute approximate surface area is 94.8 Å². The van der Waals surface area contributed by atoms with Gasteiger partial charge in [-0.15, -0.1) is 0 Å². The zero-order valence-electron chi connectivity index (χ0n) is 10.4. The van der Waals surface area contributed by atoms with Crippen LogP contribution in [0.3, 0.4) is 0 Å². The first-order valence-corrected chi connectivity index (χ1v) is 6.90. The molecule has 88 valence electrons. The Morgan fingerprint density at radius 2 is 1.67 bits per heavy atom. The summed E-state index contributed by atoms with van der Waals surface area (Å²) in [6.07, 6.45) is 9.85. The van der Waals surface area contributed by atoms with Gasteiger partial charge in [0, 0.05) is 6.04 Å². The van der Waals surface area contributed by atoms with Crippen molar-refractivity contribution in [1.82, 2.24) is 0 Å². The van der Waals surface area contributed by atoms with E-state index in [9.17, 15) is 0 Å². The Kier molecular flexibility index (Phi) is 3.71. The van der Waals surface area contributed by atoms with Gasteiger partial charge in [0.05, 0.1) is 0 Å². The van der Waals surface area contributed by atoms with Crippen molar-refractivity contribution in [3.05, 3.63) is 0 Å². The second-order valence-electron chi connectivity index (χ2n) is 6.36. The van der Waals surface area contributed by atoms with Gasteiger partial charge in [0.15, 0.2) is 0 Å². The molecule has 0 radical (unpaired) electrons. The molecule has 3 unspecified atom stereocenters. The standard InChI is InChI=1S/C14H27N/c1-10-7-11(2)9-12(8-10)3-6-14(15)13-4-5-13/h10-14H,3-9,15H2,1-2H3. The average Bonchev–Trinajstić information content (AvgIpc) is 2.95. The summed E-state index contributed by atoms with van der Waals surface area (Å²) in [5, 5.41) is 0. The van der Waals surface area contributed by atoms with Gasteiger partial charge in [0.2, 0.25) is 0 Å². The summed E-state index contributed by atoms with van der Waals surface area (Å²) in [6, 6.07) is 0.525. The lowest BCUT2D eigenvalue weighted by molar-refractivity contribution is 0.203. The predicted molar refractivity (Wildman–Crippen MR) is 65.6 cm³/mol. The maximum Gasteiger partial charge on any atom is 0.00672 e. The van der Waals surface area contributed by atoms with Gasteiger partial charge in [0.25, 0.3) is 0 Å². The van der Waals surface area contributed by atoms with Crippen LogP contribution >= 0.6 is 0 Å². The van der Waals surface area contributed by atoms with Crippen molar-refractivity contribution in [2.24, 2.45) is 29.4 Å². The first-order chi connectivity index (χ1) is 7.15. The molecule has 1 nitrogen and oxygen atoms in total. The highest BCUT2D eigenvalue weighted by atomic mass is 14.7. The fourth-order valence-electron chi connectivity index (χ4n) is 3.54. The number of hydrogen-bond acceptors (Lipinski definition) is 1. The Hall–Kier alpha value is -0.0400. The van der Waals surface area contributed by atoms with E-state index >= 15 is 0 Å². The lowest BCUT2D eigenvalue weighted by Crippen LogP contribution is -2.25. The average molecular weight is 209 g/mol. The summed E-state index contributed by atoms with van der Waals surface area (Å²) >= 11 is 0. The van der Waals surface area contributed by atoms with Crippen molar-refractivity contribution in [2.75, 3.05) is 0 Å². The highest BCUT2D eigenvalue weighted by Crippen LogP contribution is 2.38. The molecular weight excluding hydrogens is 182 g/mol. The van der Waals surface area contributed by atoms with Gasteiger partial charge < -0.3 is 5.73 Å². The molecule has 2 rings (SSSR count). The van der Waals surface area contributed by atoms with Gasteiger partial charge in [-0.05, 0) is 68.6 Å². The molecule has 0 amide bonds. The molecule has 3 atom stereocenters.